The number of hydrogen-bond donors (Lipinski definition) is 3. The molecule has 2 heterocycles. The lowest BCUT2D eigenvalue weighted by Gasteiger charge is -2.40. The van der Waals surface area contributed by atoms with E-state index in [2.05, 4.69) is 15.4 Å². The zero-order valence-electron chi connectivity index (χ0n) is 11.3. The van der Waals surface area contributed by atoms with Crippen molar-refractivity contribution in [3.05, 3.63) is 0 Å². The van der Waals surface area contributed by atoms with Crippen molar-refractivity contribution in [1.29, 1.82) is 0 Å². The first-order valence-electron chi connectivity index (χ1n) is 6.64. The molecule has 108 valence electrons. The maximum Gasteiger partial charge on any atom is 0.224 e. The van der Waals surface area contributed by atoms with Crippen LogP contribution in [0.25, 0.3) is 0 Å². The third-order valence-electron chi connectivity index (χ3n) is 4.10. The summed E-state index contributed by atoms with van der Waals surface area (Å²) in [6.45, 7) is 1.66. The molecular weight excluding hydrogens is 264 g/mol. The van der Waals surface area contributed by atoms with Crippen molar-refractivity contribution in [2.45, 2.75) is 24.8 Å². The Kier molecular flexibility index (Phi) is 4.57. The number of rotatable bonds is 3. The largest absolute Gasteiger partial charge is 0.409 e. The predicted octanol–water partition coefficient (Wildman–Crippen LogP) is 0.0665. The molecule has 4 N–H and O–H groups in total. The Hall–Kier alpha value is -0.950. The molecule has 0 aliphatic carbocycles. The standard InChI is InChI=1S/C12H22N4O2S/c1-16-5-3-12(4-6-16,11(13)15-18)14-10(17)9-2-7-19-8-9/h9,18H,2-8H2,1H3,(H2,13,15)(H,14,17). The molecule has 0 spiro atoms. The summed E-state index contributed by atoms with van der Waals surface area (Å²) < 4.78 is 0. The van der Waals surface area contributed by atoms with E-state index >= 15 is 0 Å². The van der Waals surface area contributed by atoms with Crippen molar-refractivity contribution >= 4 is 23.5 Å². The Labute approximate surface area is 117 Å². The molecule has 0 aromatic carbocycles. The van der Waals surface area contributed by atoms with Gasteiger partial charge in [0.15, 0.2) is 5.84 Å². The van der Waals surface area contributed by atoms with Gasteiger partial charge in [-0.05, 0) is 32.1 Å². The Morgan fingerprint density at radius 2 is 2.21 bits per heavy atom. The Balaban J connectivity index is 2.07. The van der Waals surface area contributed by atoms with Crippen LogP contribution in [-0.2, 0) is 4.79 Å². The third-order valence-corrected chi connectivity index (χ3v) is 5.26. The summed E-state index contributed by atoms with van der Waals surface area (Å²) in [5.74, 6) is 2.14. The van der Waals surface area contributed by atoms with Crippen LogP contribution in [0.15, 0.2) is 5.16 Å². The summed E-state index contributed by atoms with van der Waals surface area (Å²) in [6, 6.07) is 0. The van der Waals surface area contributed by atoms with Crippen molar-refractivity contribution in [2.24, 2.45) is 16.8 Å². The highest BCUT2D eigenvalue weighted by Gasteiger charge is 2.41. The molecule has 0 aromatic heterocycles. The highest BCUT2D eigenvalue weighted by Crippen LogP contribution is 2.27. The first-order chi connectivity index (χ1) is 9.07. The van der Waals surface area contributed by atoms with E-state index in [0.29, 0.717) is 12.8 Å². The van der Waals surface area contributed by atoms with Crippen LogP contribution in [0, 0.1) is 5.92 Å². The molecule has 0 aromatic rings. The SMILES string of the molecule is CN1CCC(NC(=O)C2CCSC2)(C(N)=NO)CC1. The molecule has 0 radical (unpaired) electrons. The Morgan fingerprint density at radius 1 is 1.53 bits per heavy atom. The lowest BCUT2D eigenvalue weighted by molar-refractivity contribution is -0.126. The van der Waals surface area contributed by atoms with Gasteiger partial charge in [-0.2, -0.15) is 11.8 Å². The number of carbonyl (C=O) groups excluding carboxylic acids is 1. The maximum atomic E-state index is 12.3. The number of carbonyl (C=O) groups is 1. The van der Waals surface area contributed by atoms with Gasteiger partial charge in [-0.3, -0.25) is 4.79 Å². The van der Waals surface area contributed by atoms with Crippen molar-refractivity contribution in [3.8, 4) is 0 Å². The van der Waals surface area contributed by atoms with Crippen molar-refractivity contribution in [2.75, 3.05) is 31.6 Å². The fourth-order valence-corrected chi connectivity index (χ4v) is 3.84. The van der Waals surface area contributed by atoms with Crippen molar-refractivity contribution in [3.63, 3.8) is 0 Å². The van der Waals surface area contributed by atoms with E-state index in [1.807, 2.05) is 7.05 Å². The Bertz CT molecular complexity index is 361. The molecule has 6 nitrogen and oxygen atoms in total. The number of nitrogens with zero attached hydrogens (tertiary/aromatic N) is 2. The van der Waals surface area contributed by atoms with Crippen molar-refractivity contribution in [1.82, 2.24) is 10.2 Å². The second kappa shape index (κ2) is 6.00. The summed E-state index contributed by atoms with van der Waals surface area (Å²) in [5, 5.41) is 15.2. The van der Waals surface area contributed by atoms with Gasteiger partial charge in [0.05, 0.1) is 0 Å². The number of amides is 1. The average molecular weight is 286 g/mol. The molecule has 1 unspecified atom stereocenters. The number of nitrogens with two attached hydrogens (primary N) is 1. The van der Waals surface area contributed by atoms with Crippen LogP contribution < -0.4 is 11.1 Å². The van der Waals surface area contributed by atoms with Gasteiger partial charge in [0.1, 0.15) is 5.54 Å². The van der Waals surface area contributed by atoms with Crippen LogP contribution in [-0.4, -0.2) is 59.0 Å². The minimum atomic E-state index is -0.675. The number of piperidine rings is 1. The van der Waals surface area contributed by atoms with E-state index < -0.39 is 5.54 Å². The summed E-state index contributed by atoms with van der Waals surface area (Å²) in [6.07, 6.45) is 2.29. The summed E-state index contributed by atoms with van der Waals surface area (Å²) in [5.41, 5.74) is 5.16. The van der Waals surface area contributed by atoms with E-state index in [1.54, 1.807) is 11.8 Å². The molecule has 2 rings (SSSR count). The minimum Gasteiger partial charge on any atom is -0.409 e. The van der Waals surface area contributed by atoms with Gasteiger partial charge >= 0.3 is 0 Å². The number of thioether (sulfide) groups is 1. The summed E-state index contributed by atoms with van der Waals surface area (Å²) in [7, 11) is 2.03. The van der Waals surface area contributed by atoms with Gasteiger partial charge in [-0.25, -0.2) is 0 Å². The molecular formula is C12H22N4O2S. The fraction of sp³-hybridized carbons (Fsp3) is 0.833. The predicted molar refractivity (Wildman–Crippen MR) is 76.4 cm³/mol. The van der Waals surface area contributed by atoms with Crippen LogP contribution in [0.1, 0.15) is 19.3 Å². The van der Waals surface area contributed by atoms with E-state index in [4.69, 9.17) is 10.9 Å². The molecule has 0 saturated carbocycles. The maximum absolute atomic E-state index is 12.3. The monoisotopic (exact) mass is 286 g/mol. The molecule has 7 heteroatoms. The number of likely N-dealkylation sites (tertiary alicyclic amines) is 1. The van der Waals surface area contributed by atoms with Crippen LogP contribution in [0.4, 0.5) is 0 Å². The van der Waals surface area contributed by atoms with E-state index in [0.717, 1.165) is 31.0 Å². The lowest BCUT2D eigenvalue weighted by Crippen LogP contribution is -2.62. The molecule has 1 atom stereocenters. The zero-order valence-corrected chi connectivity index (χ0v) is 12.1. The summed E-state index contributed by atoms with van der Waals surface area (Å²) in [4.78, 5) is 14.5. The number of nitrogens with one attached hydrogen (secondary N) is 1. The number of oxime groups is 1. The molecule has 0 bridgehead atoms. The quantitative estimate of drug-likeness (QED) is 0.295. The van der Waals surface area contributed by atoms with Gasteiger partial charge < -0.3 is 21.2 Å². The zero-order chi connectivity index (χ0) is 13.9. The highest BCUT2D eigenvalue weighted by atomic mass is 32.2. The van der Waals surface area contributed by atoms with Crippen LogP contribution >= 0.6 is 11.8 Å². The van der Waals surface area contributed by atoms with Gasteiger partial charge in [0, 0.05) is 24.8 Å². The van der Waals surface area contributed by atoms with Crippen LogP contribution in [0.5, 0.6) is 0 Å². The summed E-state index contributed by atoms with van der Waals surface area (Å²) >= 11 is 1.81. The normalized spacial score (nSPS) is 28.3. The van der Waals surface area contributed by atoms with E-state index in [-0.39, 0.29) is 17.7 Å². The van der Waals surface area contributed by atoms with Crippen LogP contribution in [0.3, 0.4) is 0 Å². The van der Waals surface area contributed by atoms with Crippen molar-refractivity contribution < 1.29 is 10.0 Å². The van der Waals surface area contributed by atoms with Gasteiger partial charge in [-0.15, -0.1) is 0 Å². The molecule has 2 aliphatic rings. The van der Waals surface area contributed by atoms with E-state index in [9.17, 15) is 4.79 Å². The first kappa shape index (κ1) is 14.5. The third kappa shape index (κ3) is 3.14. The van der Waals surface area contributed by atoms with Gasteiger partial charge in [-0.1, -0.05) is 5.16 Å². The van der Waals surface area contributed by atoms with Gasteiger partial charge in [0.25, 0.3) is 0 Å². The smallest absolute Gasteiger partial charge is 0.224 e. The minimum absolute atomic E-state index is 0.0427. The second-order valence-corrected chi connectivity index (χ2v) is 6.57. The molecule has 2 saturated heterocycles. The molecule has 2 aliphatic heterocycles. The van der Waals surface area contributed by atoms with Gasteiger partial charge in [0.2, 0.25) is 5.91 Å². The average Bonchev–Trinajstić information content (AvgIpc) is 2.95. The lowest BCUT2D eigenvalue weighted by atomic mass is 9.85. The number of hydrogen-bond acceptors (Lipinski definition) is 5. The first-order valence-corrected chi connectivity index (χ1v) is 7.79. The Morgan fingerprint density at radius 3 is 2.74 bits per heavy atom. The molecule has 1 amide bonds. The van der Waals surface area contributed by atoms with E-state index in [1.165, 1.54) is 0 Å². The second-order valence-electron chi connectivity index (χ2n) is 5.42. The number of amidine groups is 1. The highest BCUT2D eigenvalue weighted by molar-refractivity contribution is 7.99. The molecule has 19 heavy (non-hydrogen) atoms. The topological polar surface area (TPSA) is 91.0 Å². The van der Waals surface area contributed by atoms with Crippen LogP contribution in [0.2, 0.25) is 0 Å². The fourth-order valence-electron chi connectivity index (χ4n) is 2.62. The molecule has 2 fully saturated rings.